The molecule has 28 heavy (non-hydrogen) atoms. The summed E-state index contributed by atoms with van der Waals surface area (Å²) in [6.45, 7) is 0.513. The molecule has 0 saturated carbocycles. The number of amides is 1. The Morgan fingerprint density at radius 1 is 1.32 bits per heavy atom. The monoisotopic (exact) mass is 461 g/mol. The number of non-ortho nitro benzene ring substituents is 1. The maximum atomic E-state index is 12.2. The second kappa shape index (κ2) is 8.77. The van der Waals surface area contributed by atoms with Crippen LogP contribution in [0.2, 0.25) is 5.02 Å². The molecule has 0 atom stereocenters. The molecular weight excluding hydrogens is 450 g/mol. The zero-order valence-corrected chi connectivity index (χ0v) is 16.6. The Morgan fingerprint density at radius 3 is 2.89 bits per heavy atom. The molecule has 0 aliphatic carbocycles. The van der Waals surface area contributed by atoms with Crippen LogP contribution in [-0.4, -0.2) is 26.8 Å². The van der Waals surface area contributed by atoms with Crippen molar-refractivity contribution in [1.29, 1.82) is 0 Å². The van der Waals surface area contributed by atoms with Gasteiger partial charge in [-0.1, -0.05) is 39.7 Å². The number of halogens is 2. The molecule has 10 heteroatoms. The van der Waals surface area contributed by atoms with Gasteiger partial charge in [0.2, 0.25) is 0 Å². The predicted octanol–water partition coefficient (Wildman–Crippen LogP) is 4.02. The summed E-state index contributed by atoms with van der Waals surface area (Å²) in [5.74, 6) is -0.509. The largest absolute Gasteiger partial charge is 0.291 e. The molecule has 0 fully saturated rings. The molecule has 0 unspecified atom stereocenters. The summed E-state index contributed by atoms with van der Waals surface area (Å²) >= 11 is 9.39. The summed E-state index contributed by atoms with van der Waals surface area (Å²) in [6.07, 6.45) is 2.93. The van der Waals surface area contributed by atoms with Crippen molar-refractivity contribution in [2.45, 2.75) is 6.54 Å². The number of benzene rings is 2. The average molecular weight is 463 g/mol. The number of nitrogens with one attached hydrogen (secondary N) is 1. The molecule has 0 bridgehead atoms. The lowest BCUT2D eigenvalue weighted by molar-refractivity contribution is -0.384. The lowest BCUT2D eigenvalue weighted by atomic mass is 10.2. The van der Waals surface area contributed by atoms with Crippen molar-refractivity contribution < 1.29 is 9.72 Å². The first-order chi connectivity index (χ1) is 13.4. The third-order valence-corrected chi connectivity index (χ3v) is 4.50. The standard InChI is InChI=1S/C18H13BrClN5O3/c19-14-3-1-2-12(8-14)11-24-7-6-17(23-24)18(26)22-21-10-13-9-15(25(27)28)4-5-16(13)20/h1-10H,11H2,(H,22,26)/b21-10-. The fraction of sp³-hybridized carbons (Fsp3) is 0.0556. The first-order valence-corrected chi connectivity index (χ1v) is 9.15. The highest BCUT2D eigenvalue weighted by atomic mass is 79.9. The zero-order chi connectivity index (χ0) is 20.1. The van der Waals surface area contributed by atoms with Crippen LogP contribution in [-0.2, 0) is 6.54 Å². The van der Waals surface area contributed by atoms with Gasteiger partial charge in [-0.05, 0) is 29.8 Å². The minimum absolute atomic E-state index is 0.122. The van der Waals surface area contributed by atoms with Crippen molar-refractivity contribution in [2.75, 3.05) is 0 Å². The van der Waals surface area contributed by atoms with Crippen LogP contribution in [0.4, 0.5) is 5.69 Å². The summed E-state index contributed by atoms with van der Waals surface area (Å²) < 4.78 is 2.60. The Morgan fingerprint density at radius 2 is 2.14 bits per heavy atom. The van der Waals surface area contributed by atoms with Crippen LogP contribution in [0.5, 0.6) is 0 Å². The number of nitro benzene ring substituents is 1. The lowest BCUT2D eigenvalue weighted by Crippen LogP contribution is -2.18. The van der Waals surface area contributed by atoms with Gasteiger partial charge in [0.25, 0.3) is 11.6 Å². The minimum Gasteiger partial charge on any atom is -0.268 e. The molecule has 1 N–H and O–H groups in total. The summed E-state index contributed by atoms with van der Waals surface area (Å²) in [5, 5.41) is 19.1. The third kappa shape index (κ3) is 5.02. The van der Waals surface area contributed by atoms with Gasteiger partial charge in [0.15, 0.2) is 5.69 Å². The van der Waals surface area contributed by atoms with Crippen molar-refractivity contribution in [3.63, 3.8) is 0 Å². The van der Waals surface area contributed by atoms with Crippen LogP contribution in [0.1, 0.15) is 21.6 Å². The molecule has 3 rings (SSSR count). The molecule has 1 amide bonds. The smallest absolute Gasteiger partial charge is 0.268 e. The fourth-order valence-corrected chi connectivity index (χ4v) is 2.97. The topological polar surface area (TPSA) is 102 Å². The number of nitrogens with zero attached hydrogens (tertiary/aromatic N) is 4. The Balaban J connectivity index is 1.64. The lowest BCUT2D eigenvalue weighted by Gasteiger charge is -2.02. The van der Waals surface area contributed by atoms with Gasteiger partial charge < -0.3 is 0 Å². The van der Waals surface area contributed by atoms with Crippen molar-refractivity contribution in [3.05, 3.63) is 91.2 Å². The number of aromatic nitrogens is 2. The summed E-state index contributed by atoms with van der Waals surface area (Å²) in [7, 11) is 0. The number of hydrogen-bond acceptors (Lipinski definition) is 5. The number of rotatable bonds is 6. The van der Waals surface area contributed by atoms with E-state index in [9.17, 15) is 14.9 Å². The first-order valence-electron chi connectivity index (χ1n) is 7.97. The summed E-state index contributed by atoms with van der Waals surface area (Å²) in [6, 6.07) is 13.3. The van der Waals surface area contributed by atoms with E-state index in [1.54, 1.807) is 16.9 Å². The molecule has 1 aromatic heterocycles. The fourth-order valence-electron chi connectivity index (χ4n) is 2.35. The van der Waals surface area contributed by atoms with Crippen LogP contribution in [0.25, 0.3) is 0 Å². The zero-order valence-electron chi connectivity index (χ0n) is 14.3. The Labute approximate surface area is 173 Å². The average Bonchev–Trinajstić information content (AvgIpc) is 3.11. The van der Waals surface area contributed by atoms with E-state index in [2.05, 4.69) is 31.6 Å². The Hall–Kier alpha value is -3.04. The normalized spacial score (nSPS) is 10.9. The first kappa shape index (κ1) is 19.7. The van der Waals surface area contributed by atoms with Gasteiger partial charge in [-0.3, -0.25) is 19.6 Å². The van der Waals surface area contributed by atoms with E-state index < -0.39 is 10.8 Å². The van der Waals surface area contributed by atoms with E-state index in [-0.39, 0.29) is 16.4 Å². The van der Waals surface area contributed by atoms with Crippen molar-refractivity contribution in [1.82, 2.24) is 15.2 Å². The van der Waals surface area contributed by atoms with Crippen LogP contribution in [0, 0.1) is 10.1 Å². The van der Waals surface area contributed by atoms with E-state index in [0.717, 1.165) is 10.0 Å². The number of carbonyl (C=O) groups excluding carboxylic acids is 1. The van der Waals surface area contributed by atoms with Crippen molar-refractivity contribution >= 4 is 45.3 Å². The minimum atomic E-state index is -0.538. The van der Waals surface area contributed by atoms with Gasteiger partial charge in [-0.15, -0.1) is 0 Å². The van der Waals surface area contributed by atoms with Gasteiger partial charge in [0.1, 0.15) is 0 Å². The number of nitro groups is 1. The molecule has 0 aliphatic heterocycles. The van der Waals surface area contributed by atoms with E-state index in [4.69, 9.17) is 11.6 Å². The molecule has 142 valence electrons. The van der Waals surface area contributed by atoms with Gasteiger partial charge >= 0.3 is 0 Å². The summed E-state index contributed by atoms with van der Waals surface area (Å²) in [5.41, 5.74) is 3.74. The molecule has 8 nitrogen and oxygen atoms in total. The highest BCUT2D eigenvalue weighted by Gasteiger charge is 2.10. The third-order valence-electron chi connectivity index (χ3n) is 3.67. The van der Waals surface area contributed by atoms with Crippen LogP contribution in [0.15, 0.2) is 64.3 Å². The molecule has 3 aromatic rings. The second-order valence-corrected chi connectivity index (χ2v) is 7.01. The van der Waals surface area contributed by atoms with Crippen LogP contribution >= 0.6 is 27.5 Å². The second-order valence-electron chi connectivity index (χ2n) is 5.69. The van der Waals surface area contributed by atoms with E-state index in [1.165, 1.54) is 24.4 Å². The molecule has 0 aliphatic rings. The molecule has 0 saturated heterocycles. The molecule has 2 aromatic carbocycles. The molecular formula is C18H13BrClN5O3. The van der Waals surface area contributed by atoms with Gasteiger partial charge in [-0.25, -0.2) is 5.43 Å². The Bertz CT molecular complexity index is 1070. The molecule has 0 spiro atoms. The van der Waals surface area contributed by atoms with Crippen LogP contribution in [0.3, 0.4) is 0 Å². The SMILES string of the molecule is O=C(N/N=C\c1cc([N+](=O)[O-])ccc1Cl)c1ccn(Cc2cccc(Br)c2)n1. The van der Waals surface area contributed by atoms with E-state index >= 15 is 0 Å². The van der Waals surface area contributed by atoms with Crippen LogP contribution < -0.4 is 5.43 Å². The summed E-state index contributed by atoms with van der Waals surface area (Å²) in [4.78, 5) is 22.4. The molecule has 0 radical (unpaired) electrons. The Kier molecular flexibility index (Phi) is 6.17. The number of hydrogen-bond donors (Lipinski definition) is 1. The predicted molar refractivity (Wildman–Crippen MR) is 109 cm³/mol. The van der Waals surface area contributed by atoms with Gasteiger partial charge in [0, 0.05) is 33.4 Å². The highest BCUT2D eigenvalue weighted by molar-refractivity contribution is 9.10. The maximum Gasteiger partial charge on any atom is 0.291 e. The van der Waals surface area contributed by atoms with Gasteiger partial charge in [0.05, 0.1) is 17.7 Å². The van der Waals surface area contributed by atoms with E-state index in [1.807, 2.05) is 24.3 Å². The molecule has 1 heterocycles. The highest BCUT2D eigenvalue weighted by Crippen LogP contribution is 2.20. The van der Waals surface area contributed by atoms with E-state index in [0.29, 0.717) is 12.1 Å². The van der Waals surface area contributed by atoms with Gasteiger partial charge in [-0.2, -0.15) is 10.2 Å². The number of hydrazone groups is 1. The quantitative estimate of drug-likeness (QED) is 0.339. The van der Waals surface area contributed by atoms with Crippen molar-refractivity contribution in [2.24, 2.45) is 5.10 Å². The maximum absolute atomic E-state index is 12.2. The van der Waals surface area contributed by atoms with Crippen molar-refractivity contribution in [3.8, 4) is 0 Å². The number of carbonyl (C=O) groups is 1.